The smallest absolute Gasteiger partial charge is 0.273 e. The summed E-state index contributed by atoms with van der Waals surface area (Å²) in [5, 5.41) is 12.5. The molecule has 0 aliphatic carbocycles. The summed E-state index contributed by atoms with van der Waals surface area (Å²) in [6.45, 7) is 0.398. The van der Waals surface area contributed by atoms with Crippen LogP contribution in [-0.2, 0) is 11.3 Å². The van der Waals surface area contributed by atoms with Crippen LogP contribution in [0, 0.1) is 10.1 Å². The van der Waals surface area contributed by atoms with Crippen molar-refractivity contribution < 1.29 is 18.5 Å². The van der Waals surface area contributed by atoms with Gasteiger partial charge in [0.2, 0.25) is 6.10 Å². The molecule has 0 saturated carbocycles. The maximum absolute atomic E-state index is 12.9. The van der Waals surface area contributed by atoms with E-state index < -0.39 is 29.5 Å². The van der Waals surface area contributed by atoms with Crippen LogP contribution in [0.2, 0.25) is 0 Å². The molecule has 1 aromatic rings. The van der Waals surface area contributed by atoms with Crippen LogP contribution in [0.3, 0.4) is 0 Å². The Hall–Kier alpha value is -1.60. The number of hydrogen-bond acceptors (Lipinski definition) is 4. The number of nitro groups is 1. The lowest BCUT2D eigenvalue weighted by molar-refractivity contribution is -0.533. The van der Waals surface area contributed by atoms with Gasteiger partial charge in [-0.3, -0.25) is 15.0 Å². The van der Waals surface area contributed by atoms with Gasteiger partial charge in [0.1, 0.15) is 6.04 Å². The molecule has 1 saturated heterocycles. The lowest BCUT2D eigenvalue weighted by atomic mass is 9.89. The molecule has 0 aromatic heterocycles. The molecule has 0 unspecified atom stereocenters. The Kier molecular flexibility index (Phi) is 2.94. The summed E-state index contributed by atoms with van der Waals surface area (Å²) in [5.41, 5.74) is 1.69. The van der Waals surface area contributed by atoms with Gasteiger partial charge >= 0.3 is 0 Å². The number of alkyl halides is 2. The molecule has 3 rings (SSSR count). The van der Waals surface area contributed by atoms with Gasteiger partial charge in [-0.1, -0.05) is 24.3 Å². The Bertz CT molecular complexity index is 512. The zero-order valence-electron chi connectivity index (χ0n) is 9.91. The fourth-order valence-electron chi connectivity index (χ4n) is 2.88. The van der Waals surface area contributed by atoms with E-state index in [0.717, 1.165) is 11.1 Å². The first-order chi connectivity index (χ1) is 9.09. The van der Waals surface area contributed by atoms with Gasteiger partial charge < -0.3 is 0 Å². The quantitative estimate of drug-likeness (QED) is 0.607. The largest absolute Gasteiger partial charge is 0.281 e. The van der Waals surface area contributed by atoms with Gasteiger partial charge in [0.05, 0.1) is 0 Å². The third kappa shape index (κ3) is 1.89. The highest BCUT2D eigenvalue weighted by Crippen LogP contribution is 2.42. The van der Waals surface area contributed by atoms with Crippen molar-refractivity contribution in [2.75, 3.05) is 6.54 Å². The molecule has 3 atom stereocenters. The Morgan fingerprint density at radius 2 is 2.16 bits per heavy atom. The Morgan fingerprint density at radius 3 is 2.84 bits per heavy atom. The van der Waals surface area contributed by atoms with Crippen LogP contribution in [0.15, 0.2) is 24.3 Å². The van der Waals surface area contributed by atoms with Crippen LogP contribution in [0.5, 0.6) is 0 Å². The molecule has 0 bridgehead atoms. The normalized spacial score (nSPS) is 30.2. The summed E-state index contributed by atoms with van der Waals surface area (Å²) in [6, 6.07) is 5.07. The summed E-state index contributed by atoms with van der Waals surface area (Å²) in [4.78, 5) is 15.6. The minimum absolute atomic E-state index is 0.398. The maximum atomic E-state index is 12.9. The fourth-order valence-corrected chi connectivity index (χ4v) is 2.88. The molecule has 5 nitrogen and oxygen atoms in total. The molecule has 0 spiro atoms. The van der Waals surface area contributed by atoms with Crippen molar-refractivity contribution in [2.45, 2.75) is 31.0 Å². The average Bonchev–Trinajstić information content (AvgIpc) is 2.78. The van der Waals surface area contributed by atoms with Crippen molar-refractivity contribution in [3.63, 3.8) is 0 Å². The van der Waals surface area contributed by atoms with E-state index >= 15 is 0 Å². The van der Waals surface area contributed by atoms with Crippen LogP contribution in [0.25, 0.3) is 0 Å². The van der Waals surface area contributed by atoms with Crippen LogP contribution >= 0.6 is 0 Å². The highest BCUT2D eigenvalue weighted by atomic mass is 19.3. The third-order valence-electron chi connectivity index (χ3n) is 3.69. The summed E-state index contributed by atoms with van der Waals surface area (Å²) >= 11 is 0. The van der Waals surface area contributed by atoms with E-state index in [0.29, 0.717) is 13.0 Å². The lowest BCUT2D eigenvalue weighted by Gasteiger charge is -2.29. The molecular weight excluding hydrogens is 258 g/mol. The Morgan fingerprint density at radius 1 is 1.42 bits per heavy atom. The second-order valence-corrected chi connectivity index (χ2v) is 4.71. The van der Waals surface area contributed by atoms with E-state index in [-0.39, 0.29) is 0 Å². The van der Waals surface area contributed by atoms with Gasteiger partial charge in [0.25, 0.3) is 12.5 Å². The zero-order valence-corrected chi connectivity index (χ0v) is 9.91. The van der Waals surface area contributed by atoms with Crippen LogP contribution < -0.4 is 0 Å². The second kappa shape index (κ2) is 4.50. The molecule has 102 valence electrons. The zero-order chi connectivity index (χ0) is 13.6. The SMILES string of the molecule is O=[N+]([O-])[C@@H]1[C@@H](C(F)F)ON2CCc3ccccc3[C@H]12. The van der Waals surface area contributed by atoms with Gasteiger partial charge in [-0.25, -0.2) is 8.78 Å². The second-order valence-electron chi connectivity index (χ2n) is 4.71. The molecule has 7 heteroatoms. The van der Waals surface area contributed by atoms with E-state index in [2.05, 4.69) is 0 Å². The first-order valence-electron chi connectivity index (χ1n) is 6.02. The molecule has 0 radical (unpaired) electrons. The lowest BCUT2D eigenvalue weighted by Crippen LogP contribution is -2.40. The average molecular weight is 270 g/mol. The molecule has 2 aliphatic heterocycles. The van der Waals surface area contributed by atoms with Gasteiger partial charge in [0, 0.05) is 11.5 Å². The van der Waals surface area contributed by atoms with E-state index in [9.17, 15) is 18.9 Å². The molecule has 0 amide bonds. The summed E-state index contributed by atoms with van der Waals surface area (Å²) in [5.74, 6) is 0. The van der Waals surface area contributed by atoms with Crippen molar-refractivity contribution in [1.82, 2.24) is 5.06 Å². The molecule has 19 heavy (non-hydrogen) atoms. The van der Waals surface area contributed by atoms with Gasteiger partial charge in [-0.2, -0.15) is 5.06 Å². The van der Waals surface area contributed by atoms with Crippen molar-refractivity contribution >= 4 is 0 Å². The monoisotopic (exact) mass is 270 g/mol. The minimum atomic E-state index is -2.87. The molecule has 2 aliphatic rings. The number of hydroxylamine groups is 2. The molecule has 1 fully saturated rings. The topological polar surface area (TPSA) is 55.6 Å². The Balaban J connectivity index is 2.04. The Labute approximate surface area is 107 Å². The van der Waals surface area contributed by atoms with E-state index in [4.69, 9.17) is 4.84 Å². The predicted molar refractivity (Wildman–Crippen MR) is 61.3 cm³/mol. The van der Waals surface area contributed by atoms with Crippen molar-refractivity contribution in [2.24, 2.45) is 0 Å². The number of nitrogens with zero attached hydrogens (tertiary/aromatic N) is 2. The van der Waals surface area contributed by atoms with Gasteiger partial charge in [0.15, 0.2) is 0 Å². The van der Waals surface area contributed by atoms with Crippen LogP contribution in [-0.4, -0.2) is 35.1 Å². The molecule has 1 aromatic carbocycles. The van der Waals surface area contributed by atoms with E-state index in [1.54, 1.807) is 12.1 Å². The molecule has 2 heterocycles. The minimum Gasteiger partial charge on any atom is -0.281 e. The van der Waals surface area contributed by atoms with Gasteiger partial charge in [-0.05, 0) is 17.5 Å². The van der Waals surface area contributed by atoms with Crippen molar-refractivity contribution in [3.05, 3.63) is 45.5 Å². The molecular formula is C12H12F2N2O3. The van der Waals surface area contributed by atoms with Crippen LogP contribution in [0.1, 0.15) is 17.2 Å². The number of hydrogen-bond donors (Lipinski definition) is 0. The fraction of sp³-hybridized carbons (Fsp3) is 0.500. The molecule has 0 N–H and O–H groups in total. The number of halogens is 2. The maximum Gasteiger partial charge on any atom is 0.273 e. The third-order valence-corrected chi connectivity index (χ3v) is 3.69. The predicted octanol–water partition coefficient (Wildman–Crippen LogP) is 1.81. The van der Waals surface area contributed by atoms with E-state index in [1.165, 1.54) is 5.06 Å². The van der Waals surface area contributed by atoms with Gasteiger partial charge in [-0.15, -0.1) is 0 Å². The summed E-state index contributed by atoms with van der Waals surface area (Å²) in [6.07, 6.45) is -3.90. The van der Waals surface area contributed by atoms with E-state index in [1.807, 2.05) is 12.1 Å². The highest BCUT2D eigenvalue weighted by Gasteiger charge is 2.57. The van der Waals surface area contributed by atoms with Crippen molar-refractivity contribution in [1.29, 1.82) is 0 Å². The summed E-state index contributed by atoms with van der Waals surface area (Å²) < 4.78 is 25.8. The number of fused-ring (bicyclic) bond motifs is 3. The van der Waals surface area contributed by atoms with Crippen LogP contribution in [0.4, 0.5) is 8.78 Å². The summed E-state index contributed by atoms with van der Waals surface area (Å²) in [7, 11) is 0. The number of benzene rings is 1. The van der Waals surface area contributed by atoms with Crippen molar-refractivity contribution in [3.8, 4) is 0 Å². The standard InChI is InChI=1S/C12H12F2N2O3/c13-12(14)11-10(16(17)18)9-8-4-2-1-3-7(8)5-6-15(9)19-11/h1-4,9-12H,5-6H2/t9-,10+,11+/m1/s1. The first kappa shape index (κ1) is 12.4. The highest BCUT2D eigenvalue weighted by molar-refractivity contribution is 5.33. The first-order valence-corrected chi connectivity index (χ1v) is 6.02. The number of rotatable bonds is 2.